The standard InChI is InChI=1S/C41H39N3/c1-27-5-11-32(12-6-27)43(33-13-7-28(2)8-14-33)35-17-19-39-37(24-35)38-25-36(18-20-40(38)42-39)44(34-15-9-29(3)10-16-34)41-22-21-30(4)23-31(41)26-41/h5-25,31,37,39,42H,26H2,1-4H3. The van der Waals surface area contributed by atoms with Gasteiger partial charge in [0.05, 0.1) is 11.6 Å². The van der Waals surface area contributed by atoms with Crippen LogP contribution >= 0.6 is 0 Å². The second kappa shape index (κ2) is 10.2. The van der Waals surface area contributed by atoms with E-state index >= 15 is 0 Å². The first-order valence-electron chi connectivity index (χ1n) is 15.9. The number of anilines is 5. The van der Waals surface area contributed by atoms with Crippen molar-refractivity contribution in [3.63, 3.8) is 0 Å². The van der Waals surface area contributed by atoms with Gasteiger partial charge in [0.2, 0.25) is 0 Å². The van der Waals surface area contributed by atoms with Crippen LogP contribution in [0.4, 0.5) is 28.4 Å². The average Bonchev–Trinajstić information content (AvgIpc) is 3.63. The van der Waals surface area contributed by atoms with Gasteiger partial charge in [-0.2, -0.15) is 0 Å². The van der Waals surface area contributed by atoms with E-state index in [9.17, 15) is 0 Å². The third-order valence-corrected chi connectivity index (χ3v) is 9.86. The van der Waals surface area contributed by atoms with Crippen LogP contribution in [0.1, 0.15) is 41.5 Å². The highest BCUT2D eigenvalue weighted by molar-refractivity contribution is 5.77. The largest absolute Gasteiger partial charge is 0.378 e. The highest BCUT2D eigenvalue weighted by Gasteiger charge is 2.57. The number of aryl methyl sites for hydroxylation is 3. The molecule has 4 aromatic rings. The quantitative estimate of drug-likeness (QED) is 0.248. The average molecular weight is 574 g/mol. The molecule has 0 aromatic heterocycles. The predicted octanol–water partition coefficient (Wildman–Crippen LogP) is 10.2. The zero-order valence-corrected chi connectivity index (χ0v) is 26.0. The summed E-state index contributed by atoms with van der Waals surface area (Å²) in [5.41, 5.74) is 13.8. The van der Waals surface area contributed by atoms with Crippen molar-refractivity contribution in [2.45, 2.75) is 51.6 Å². The molecule has 218 valence electrons. The van der Waals surface area contributed by atoms with E-state index in [1.165, 1.54) is 62.0 Å². The SMILES string of the molecule is CC1=CC2CC2(N(c2ccc(C)cc2)c2ccc3c(c2)C2C=C(N(c4ccc(C)cc4)c4ccc(C)cc4)C=CC2N3)C=C1. The van der Waals surface area contributed by atoms with E-state index in [0.717, 1.165) is 6.42 Å². The van der Waals surface area contributed by atoms with Crippen molar-refractivity contribution in [3.05, 3.63) is 161 Å². The van der Waals surface area contributed by atoms with Gasteiger partial charge in [0.25, 0.3) is 0 Å². The first-order chi connectivity index (χ1) is 21.4. The van der Waals surface area contributed by atoms with Crippen molar-refractivity contribution >= 4 is 28.4 Å². The molecule has 3 nitrogen and oxygen atoms in total. The summed E-state index contributed by atoms with van der Waals surface area (Å²) in [6.07, 6.45) is 15.5. The molecule has 4 aliphatic rings. The van der Waals surface area contributed by atoms with Crippen LogP contribution in [0.15, 0.2) is 139 Å². The molecule has 0 bridgehead atoms. The van der Waals surface area contributed by atoms with Crippen LogP contribution in [0.3, 0.4) is 0 Å². The summed E-state index contributed by atoms with van der Waals surface area (Å²) < 4.78 is 0. The lowest BCUT2D eigenvalue weighted by molar-refractivity contribution is 0.745. The normalized spacial score (nSPS) is 24.0. The lowest BCUT2D eigenvalue weighted by atomic mass is 9.89. The summed E-state index contributed by atoms with van der Waals surface area (Å²) in [6, 6.07) is 34.1. The maximum absolute atomic E-state index is 3.82. The molecular formula is C41H39N3. The maximum Gasteiger partial charge on any atom is 0.0706 e. The number of rotatable bonds is 6. The Kier molecular flexibility index (Phi) is 6.20. The van der Waals surface area contributed by atoms with Crippen molar-refractivity contribution < 1.29 is 0 Å². The first kappa shape index (κ1) is 26.8. The van der Waals surface area contributed by atoms with Crippen molar-refractivity contribution in [2.24, 2.45) is 5.92 Å². The van der Waals surface area contributed by atoms with Gasteiger partial charge in [-0.1, -0.05) is 89.0 Å². The molecule has 1 saturated carbocycles. The van der Waals surface area contributed by atoms with Gasteiger partial charge in [-0.3, -0.25) is 0 Å². The van der Waals surface area contributed by atoms with Crippen molar-refractivity contribution in [1.82, 2.24) is 0 Å². The van der Waals surface area contributed by atoms with Crippen LogP contribution in [0.5, 0.6) is 0 Å². The zero-order chi connectivity index (χ0) is 30.0. The number of nitrogens with zero attached hydrogens (tertiary/aromatic N) is 2. The van der Waals surface area contributed by atoms with E-state index in [1.54, 1.807) is 0 Å². The van der Waals surface area contributed by atoms with E-state index in [4.69, 9.17) is 0 Å². The number of allylic oxidation sites excluding steroid dienone is 3. The lowest BCUT2D eigenvalue weighted by Crippen LogP contribution is -2.34. The second-order valence-electron chi connectivity index (χ2n) is 13.1. The fourth-order valence-electron chi connectivity index (χ4n) is 7.34. The van der Waals surface area contributed by atoms with Gasteiger partial charge in [0, 0.05) is 46.0 Å². The Morgan fingerprint density at radius 3 is 1.86 bits per heavy atom. The molecule has 1 aliphatic heterocycles. The van der Waals surface area contributed by atoms with Crippen molar-refractivity contribution in [1.29, 1.82) is 0 Å². The number of nitrogens with one attached hydrogen (secondary N) is 1. The van der Waals surface area contributed by atoms with Crippen LogP contribution in [0.2, 0.25) is 0 Å². The van der Waals surface area contributed by atoms with Crippen LogP contribution < -0.4 is 15.1 Å². The minimum absolute atomic E-state index is 0.00438. The Hall–Kier alpha value is -4.76. The number of fused-ring (bicyclic) bond motifs is 4. The van der Waals surface area contributed by atoms with Gasteiger partial charge in [-0.05, 0) is 100 Å². The fourth-order valence-corrected chi connectivity index (χ4v) is 7.34. The highest BCUT2D eigenvalue weighted by atomic mass is 15.3. The van der Waals surface area contributed by atoms with Crippen molar-refractivity contribution in [2.75, 3.05) is 15.1 Å². The zero-order valence-electron chi connectivity index (χ0n) is 26.0. The number of benzene rings is 4. The first-order valence-corrected chi connectivity index (χ1v) is 15.9. The molecular weight excluding hydrogens is 534 g/mol. The molecule has 0 saturated heterocycles. The van der Waals surface area contributed by atoms with Gasteiger partial charge in [-0.15, -0.1) is 0 Å². The fraction of sp³-hybridized carbons (Fsp3) is 0.220. The topological polar surface area (TPSA) is 18.5 Å². The molecule has 1 fully saturated rings. The van der Waals surface area contributed by atoms with E-state index in [1.807, 2.05) is 0 Å². The predicted molar refractivity (Wildman–Crippen MR) is 185 cm³/mol. The van der Waals surface area contributed by atoms with Gasteiger partial charge in [-0.25, -0.2) is 0 Å². The van der Waals surface area contributed by atoms with E-state index < -0.39 is 0 Å². The van der Waals surface area contributed by atoms with E-state index in [0.29, 0.717) is 5.92 Å². The Labute approximate surface area is 261 Å². The minimum Gasteiger partial charge on any atom is -0.378 e. The van der Waals surface area contributed by atoms with E-state index in [-0.39, 0.29) is 17.5 Å². The van der Waals surface area contributed by atoms with Gasteiger partial charge in [0.15, 0.2) is 0 Å². The molecule has 3 aliphatic carbocycles. The summed E-state index contributed by atoms with van der Waals surface area (Å²) in [5.74, 6) is 0.773. The second-order valence-corrected chi connectivity index (χ2v) is 13.1. The third kappa shape index (κ3) is 4.50. The smallest absolute Gasteiger partial charge is 0.0706 e. The van der Waals surface area contributed by atoms with Crippen molar-refractivity contribution in [3.8, 4) is 0 Å². The molecule has 0 amide bonds. The summed E-state index contributed by atoms with van der Waals surface area (Å²) in [4.78, 5) is 4.99. The molecule has 4 unspecified atom stereocenters. The van der Waals surface area contributed by atoms with Crippen LogP contribution in [-0.2, 0) is 0 Å². The molecule has 4 aromatic carbocycles. The summed E-state index contributed by atoms with van der Waals surface area (Å²) in [6.45, 7) is 8.67. The Bertz CT molecular complexity index is 1810. The van der Waals surface area contributed by atoms with Crippen LogP contribution in [0, 0.1) is 26.7 Å². The Morgan fingerprint density at radius 1 is 0.659 bits per heavy atom. The molecule has 8 rings (SSSR count). The molecule has 44 heavy (non-hydrogen) atoms. The minimum atomic E-state index is -0.00438. The summed E-state index contributed by atoms with van der Waals surface area (Å²) in [5, 5.41) is 3.82. The molecule has 4 atom stereocenters. The van der Waals surface area contributed by atoms with Crippen LogP contribution in [-0.4, -0.2) is 11.6 Å². The lowest BCUT2D eigenvalue weighted by Gasteiger charge is -2.35. The monoisotopic (exact) mass is 573 g/mol. The highest BCUT2D eigenvalue weighted by Crippen LogP contribution is 2.58. The molecule has 1 N–H and O–H groups in total. The Morgan fingerprint density at radius 2 is 1.25 bits per heavy atom. The maximum atomic E-state index is 3.82. The number of hydrogen-bond acceptors (Lipinski definition) is 3. The Balaban J connectivity index is 1.21. The number of hydrogen-bond donors (Lipinski definition) is 1. The molecule has 0 radical (unpaired) electrons. The molecule has 0 spiro atoms. The van der Waals surface area contributed by atoms with Gasteiger partial charge < -0.3 is 15.1 Å². The summed E-state index contributed by atoms with van der Waals surface area (Å²) >= 11 is 0. The molecule has 3 heteroatoms. The summed E-state index contributed by atoms with van der Waals surface area (Å²) in [7, 11) is 0. The molecule has 1 heterocycles. The third-order valence-electron chi connectivity index (χ3n) is 9.86. The van der Waals surface area contributed by atoms with E-state index in [2.05, 4.69) is 170 Å². The van der Waals surface area contributed by atoms with Crippen LogP contribution in [0.25, 0.3) is 0 Å². The van der Waals surface area contributed by atoms with Gasteiger partial charge >= 0.3 is 0 Å². The van der Waals surface area contributed by atoms with Gasteiger partial charge in [0.1, 0.15) is 0 Å².